The number of nitrogens with one attached hydrogen (secondary N) is 2. The lowest BCUT2D eigenvalue weighted by atomic mass is 10.3. The van der Waals surface area contributed by atoms with E-state index in [9.17, 15) is 4.39 Å². The van der Waals surface area contributed by atoms with Gasteiger partial charge in [-0.1, -0.05) is 0 Å². The van der Waals surface area contributed by atoms with Crippen LogP contribution < -0.4 is 10.2 Å². The van der Waals surface area contributed by atoms with E-state index in [1.165, 1.54) is 12.1 Å². The fraction of sp³-hybridized carbons (Fsp3) is 0.154. The van der Waals surface area contributed by atoms with E-state index in [-0.39, 0.29) is 5.82 Å². The molecule has 0 atom stereocenters. The van der Waals surface area contributed by atoms with E-state index in [0.717, 1.165) is 11.2 Å². The lowest BCUT2D eigenvalue weighted by molar-refractivity contribution is 0.628. The van der Waals surface area contributed by atoms with Gasteiger partial charge in [-0.25, -0.2) is 9.37 Å². The van der Waals surface area contributed by atoms with Crippen LogP contribution in [0, 0.1) is 5.82 Å². The molecule has 20 heavy (non-hydrogen) atoms. The summed E-state index contributed by atoms with van der Waals surface area (Å²) < 4.78 is 13.0. The Morgan fingerprint density at radius 1 is 1.20 bits per heavy atom. The average Bonchev–Trinajstić information content (AvgIpc) is 2.94. The quantitative estimate of drug-likeness (QED) is 0.765. The summed E-state index contributed by atoms with van der Waals surface area (Å²) in [6.45, 7) is 0. The molecule has 0 aliphatic heterocycles. The number of aromatic amines is 1. The third kappa shape index (κ3) is 2.03. The highest BCUT2D eigenvalue weighted by molar-refractivity contribution is 5.86. The number of nitrogens with zero attached hydrogens (tertiary/aromatic N) is 4. The molecule has 0 fully saturated rings. The van der Waals surface area contributed by atoms with Crippen molar-refractivity contribution in [1.82, 2.24) is 19.9 Å². The zero-order valence-corrected chi connectivity index (χ0v) is 11.1. The lowest BCUT2D eigenvalue weighted by Gasteiger charge is -2.19. The number of aromatic nitrogens is 4. The fourth-order valence-electron chi connectivity index (χ4n) is 1.96. The van der Waals surface area contributed by atoms with Gasteiger partial charge in [0.2, 0.25) is 5.95 Å². The van der Waals surface area contributed by atoms with Crippen LogP contribution in [0.4, 0.5) is 21.8 Å². The van der Waals surface area contributed by atoms with Gasteiger partial charge in [0.05, 0.1) is 6.33 Å². The number of H-pyrrole nitrogens is 1. The zero-order valence-electron chi connectivity index (χ0n) is 11.1. The summed E-state index contributed by atoms with van der Waals surface area (Å²) in [6.07, 6.45) is 1.57. The molecule has 3 rings (SSSR count). The molecule has 1 aromatic carbocycles. The van der Waals surface area contributed by atoms with Gasteiger partial charge in [-0.2, -0.15) is 9.97 Å². The van der Waals surface area contributed by atoms with Gasteiger partial charge in [-0.3, -0.25) is 0 Å². The van der Waals surface area contributed by atoms with Crippen LogP contribution in [0.1, 0.15) is 0 Å². The molecule has 0 radical (unpaired) electrons. The highest BCUT2D eigenvalue weighted by atomic mass is 19.1. The van der Waals surface area contributed by atoms with E-state index in [4.69, 9.17) is 0 Å². The Morgan fingerprint density at radius 3 is 2.65 bits per heavy atom. The van der Waals surface area contributed by atoms with Crippen molar-refractivity contribution in [3.05, 3.63) is 36.4 Å². The Morgan fingerprint density at radius 2 is 1.95 bits per heavy atom. The van der Waals surface area contributed by atoms with Gasteiger partial charge in [0.25, 0.3) is 0 Å². The van der Waals surface area contributed by atoms with Crippen LogP contribution in [0.3, 0.4) is 0 Å². The summed E-state index contributed by atoms with van der Waals surface area (Å²) >= 11 is 0. The maximum absolute atomic E-state index is 13.0. The monoisotopic (exact) mass is 272 g/mol. The minimum absolute atomic E-state index is 0.271. The Balaban J connectivity index is 2.12. The van der Waals surface area contributed by atoms with Crippen molar-refractivity contribution >= 4 is 28.6 Å². The molecule has 0 aliphatic rings. The van der Waals surface area contributed by atoms with Gasteiger partial charge < -0.3 is 15.2 Å². The molecule has 0 unspecified atom stereocenters. The molecule has 0 bridgehead atoms. The molecule has 2 N–H and O–H groups in total. The number of imidazole rings is 1. The van der Waals surface area contributed by atoms with E-state index in [0.29, 0.717) is 17.4 Å². The fourth-order valence-corrected chi connectivity index (χ4v) is 1.96. The topological polar surface area (TPSA) is 69.7 Å². The molecule has 7 heteroatoms. The molecule has 0 saturated heterocycles. The molecular weight excluding hydrogens is 259 g/mol. The second-order valence-electron chi connectivity index (χ2n) is 4.26. The maximum atomic E-state index is 13.0. The van der Waals surface area contributed by atoms with Crippen molar-refractivity contribution in [2.24, 2.45) is 0 Å². The molecule has 0 saturated carbocycles. The normalized spacial score (nSPS) is 10.8. The summed E-state index contributed by atoms with van der Waals surface area (Å²) in [7, 11) is 3.60. The van der Waals surface area contributed by atoms with Crippen LogP contribution in [0.2, 0.25) is 0 Å². The Hall–Kier alpha value is -2.70. The van der Waals surface area contributed by atoms with Gasteiger partial charge >= 0.3 is 0 Å². The van der Waals surface area contributed by atoms with Gasteiger partial charge in [-0.15, -0.1) is 0 Å². The third-order valence-electron chi connectivity index (χ3n) is 3.02. The second-order valence-corrected chi connectivity index (χ2v) is 4.26. The molecule has 2 aromatic heterocycles. The first-order valence-corrected chi connectivity index (χ1v) is 6.07. The van der Waals surface area contributed by atoms with Gasteiger partial charge in [-0.05, 0) is 24.3 Å². The van der Waals surface area contributed by atoms with E-state index < -0.39 is 0 Å². The minimum atomic E-state index is -0.271. The highest BCUT2D eigenvalue weighted by Crippen LogP contribution is 2.27. The highest BCUT2D eigenvalue weighted by Gasteiger charge is 2.14. The van der Waals surface area contributed by atoms with Crippen molar-refractivity contribution in [2.45, 2.75) is 0 Å². The summed E-state index contributed by atoms with van der Waals surface area (Å²) in [5.41, 5.74) is 2.13. The van der Waals surface area contributed by atoms with Crippen LogP contribution in [-0.2, 0) is 0 Å². The molecule has 0 aliphatic carbocycles. The number of fused-ring (bicyclic) bond motifs is 1. The van der Waals surface area contributed by atoms with Crippen LogP contribution in [0.25, 0.3) is 11.2 Å². The Kier molecular flexibility index (Phi) is 2.94. The van der Waals surface area contributed by atoms with E-state index in [1.54, 1.807) is 25.5 Å². The first kappa shape index (κ1) is 12.3. The average molecular weight is 272 g/mol. The smallest absolute Gasteiger partial charge is 0.226 e. The number of hydrogen-bond donors (Lipinski definition) is 2. The van der Waals surface area contributed by atoms with Crippen LogP contribution in [0.15, 0.2) is 30.6 Å². The number of halogens is 1. The van der Waals surface area contributed by atoms with E-state index >= 15 is 0 Å². The summed E-state index contributed by atoms with van der Waals surface area (Å²) in [6, 6.07) is 6.21. The largest absolute Gasteiger partial charge is 0.357 e. The first-order valence-electron chi connectivity index (χ1n) is 6.07. The standard InChI is InChI=1S/C13H13FN6/c1-15-13-18-11-10(16-7-17-11)12(19-13)20(2)9-5-3-8(14)4-6-9/h3-7H,1-2H3,(H2,15,16,17,18,19). The van der Waals surface area contributed by atoms with Crippen LogP contribution >= 0.6 is 0 Å². The predicted molar refractivity (Wildman–Crippen MR) is 75.7 cm³/mol. The van der Waals surface area contributed by atoms with E-state index in [1.807, 2.05) is 11.9 Å². The molecule has 102 valence electrons. The molecule has 2 heterocycles. The number of rotatable bonds is 3. The number of anilines is 3. The number of benzene rings is 1. The van der Waals surface area contributed by atoms with Crippen LogP contribution in [-0.4, -0.2) is 34.0 Å². The van der Waals surface area contributed by atoms with Crippen molar-refractivity contribution in [2.75, 3.05) is 24.3 Å². The van der Waals surface area contributed by atoms with Gasteiger partial charge in [0, 0.05) is 19.8 Å². The molecule has 3 aromatic rings. The van der Waals surface area contributed by atoms with Crippen LogP contribution in [0.5, 0.6) is 0 Å². The zero-order chi connectivity index (χ0) is 14.1. The van der Waals surface area contributed by atoms with E-state index in [2.05, 4.69) is 25.3 Å². The molecule has 0 spiro atoms. The predicted octanol–water partition coefficient (Wildman–Crippen LogP) is 2.30. The minimum Gasteiger partial charge on any atom is -0.357 e. The van der Waals surface area contributed by atoms with Crippen molar-refractivity contribution in [3.8, 4) is 0 Å². The summed E-state index contributed by atoms with van der Waals surface area (Å²) in [5, 5.41) is 2.90. The maximum Gasteiger partial charge on any atom is 0.226 e. The Bertz CT molecular complexity index is 736. The molecule has 0 amide bonds. The van der Waals surface area contributed by atoms with Crippen molar-refractivity contribution in [3.63, 3.8) is 0 Å². The Labute approximate surface area is 114 Å². The molecule has 6 nitrogen and oxygen atoms in total. The van der Waals surface area contributed by atoms with Crippen molar-refractivity contribution in [1.29, 1.82) is 0 Å². The van der Waals surface area contributed by atoms with Gasteiger partial charge in [0.15, 0.2) is 11.5 Å². The molecular formula is C13H13FN6. The van der Waals surface area contributed by atoms with Gasteiger partial charge in [0.1, 0.15) is 11.3 Å². The summed E-state index contributed by atoms with van der Waals surface area (Å²) in [4.78, 5) is 17.7. The third-order valence-corrected chi connectivity index (χ3v) is 3.02. The lowest BCUT2D eigenvalue weighted by Crippen LogP contribution is -2.13. The second kappa shape index (κ2) is 4.76. The number of hydrogen-bond acceptors (Lipinski definition) is 5. The first-order chi connectivity index (χ1) is 9.69. The SMILES string of the molecule is CNc1nc(N(C)c2ccc(F)cc2)c2[nH]cnc2n1. The summed E-state index contributed by atoms with van der Waals surface area (Å²) in [5.74, 6) is 0.879. The van der Waals surface area contributed by atoms with Crippen molar-refractivity contribution < 1.29 is 4.39 Å².